The van der Waals surface area contributed by atoms with E-state index in [1.165, 1.54) is 5.56 Å². The maximum Gasteiger partial charge on any atom is 0.268 e. The quantitative estimate of drug-likeness (QED) is 0.529. The number of nitrogens with zero attached hydrogens (tertiary/aromatic N) is 1. The Kier molecular flexibility index (Phi) is 4.31. The summed E-state index contributed by atoms with van der Waals surface area (Å²) < 4.78 is 5.85. The molecule has 5 nitrogen and oxygen atoms in total. The fourth-order valence-electron chi connectivity index (χ4n) is 4.21. The van der Waals surface area contributed by atoms with Crippen LogP contribution in [0.25, 0.3) is 10.9 Å². The van der Waals surface area contributed by atoms with E-state index in [-0.39, 0.29) is 5.91 Å². The molecule has 0 radical (unpaired) electrons. The predicted octanol–water partition coefficient (Wildman–Crippen LogP) is 4.64. The molecule has 5 heteroatoms. The van der Waals surface area contributed by atoms with Crippen molar-refractivity contribution in [3.63, 3.8) is 0 Å². The summed E-state index contributed by atoms with van der Waals surface area (Å²) in [5, 5.41) is 4.33. The zero-order valence-corrected chi connectivity index (χ0v) is 17.0. The van der Waals surface area contributed by atoms with Crippen LogP contribution >= 0.6 is 0 Å². The van der Waals surface area contributed by atoms with Crippen LogP contribution in [0.3, 0.4) is 0 Å². The number of nitrogens with one attached hydrogen (secondary N) is 2. The molecular formula is C25H23N3O2. The van der Waals surface area contributed by atoms with Crippen molar-refractivity contribution in [2.45, 2.75) is 25.8 Å². The Morgan fingerprint density at radius 1 is 1.07 bits per heavy atom. The van der Waals surface area contributed by atoms with E-state index in [0.29, 0.717) is 24.5 Å². The van der Waals surface area contributed by atoms with Gasteiger partial charge in [0.1, 0.15) is 22.7 Å². The van der Waals surface area contributed by atoms with E-state index in [2.05, 4.69) is 52.5 Å². The molecule has 1 aliphatic rings. The number of aromatic amines is 1. The van der Waals surface area contributed by atoms with E-state index in [1.54, 1.807) is 6.20 Å². The van der Waals surface area contributed by atoms with Gasteiger partial charge in [-0.15, -0.1) is 0 Å². The van der Waals surface area contributed by atoms with Gasteiger partial charge in [-0.25, -0.2) is 0 Å². The number of carbonyl (C=O) groups is 1. The highest BCUT2D eigenvalue weighted by Gasteiger charge is 2.42. The first kappa shape index (κ1) is 18.4. The summed E-state index contributed by atoms with van der Waals surface area (Å²) in [4.78, 5) is 21.3. The Morgan fingerprint density at radius 2 is 1.87 bits per heavy atom. The molecule has 0 spiro atoms. The lowest BCUT2D eigenvalue weighted by molar-refractivity contribution is 0.0879. The number of pyridine rings is 1. The molecule has 0 aliphatic carbocycles. The molecule has 2 N–H and O–H groups in total. The molecule has 3 heterocycles. The Labute approximate surface area is 175 Å². The van der Waals surface area contributed by atoms with Gasteiger partial charge in [-0.05, 0) is 49.7 Å². The lowest BCUT2D eigenvalue weighted by atomic mass is 9.81. The number of amides is 1. The van der Waals surface area contributed by atoms with Crippen LogP contribution in [0.1, 0.15) is 39.3 Å². The van der Waals surface area contributed by atoms with Gasteiger partial charge < -0.3 is 15.0 Å². The molecule has 2 aromatic carbocycles. The molecule has 5 rings (SSSR count). The summed E-state index contributed by atoms with van der Waals surface area (Å²) in [6, 6.07) is 20.0. The number of carbonyl (C=O) groups excluding carboxylic acids is 1. The third kappa shape index (κ3) is 3.03. The minimum Gasteiger partial charge on any atom is -0.491 e. The molecule has 0 saturated carbocycles. The van der Waals surface area contributed by atoms with Crippen molar-refractivity contribution in [3.8, 4) is 5.75 Å². The number of aryl methyl sites for hydroxylation is 2. The summed E-state index contributed by atoms with van der Waals surface area (Å²) in [6.07, 6.45) is 2.35. The normalized spacial score (nSPS) is 17.9. The summed E-state index contributed by atoms with van der Waals surface area (Å²) in [5.41, 5.74) is 4.78. The van der Waals surface area contributed by atoms with Crippen LogP contribution in [0, 0.1) is 13.8 Å². The minimum atomic E-state index is -0.757. The Balaban J connectivity index is 1.61. The lowest BCUT2D eigenvalue weighted by Gasteiger charge is -2.38. The van der Waals surface area contributed by atoms with Gasteiger partial charge in [0.25, 0.3) is 5.91 Å². The van der Waals surface area contributed by atoms with Crippen molar-refractivity contribution in [3.05, 3.63) is 94.9 Å². The fourth-order valence-corrected chi connectivity index (χ4v) is 4.21. The Bertz CT molecular complexity index is 1240. The van der Waals surface area contributed by atoms with Crippen molar-refractivity contribution >= 4 is 16.8 Å². The van der Waals surface area contributed by atoms with Crippen molar-refractivity contribution < 1.29 is 9.53 Å². The monoisotopic (exact) mass is 397 g/mol. The molecule has 1 amide bonds. The van der Waals surface area contributed by atoms with Gasteiger partial charge in [0.15, 0.2) is 0 Å². The van der Waals surface area contributed by atoms with Crippen molar-refractivity contribution in [2.24, 2.45) is 0 Å². The van der Waals surface area contributed by atoms with Crippen molar-refractivity contribution in [2.75, 3.05) is 6.61 Å². The van der Waals surface area contributed by atoms with Crippen LogP contribution in [0.2, 0.25) is 0 Å². The molecule has 0 bridgehead atoms. The molecule has 0 fully saturated rings. The van der Waals surface area contributed by atoms with Gasteiger partial charge in [0, 0.05) is 23.5 Å². The minimum absolute atomic E-state index is 0.164. The van der Waals surface area contributed by atoms with Gasteiger partial charge >= 0.3 is 0 Å². The van der Waals surface area contributed by atoms with E-state index in [9.17, 15) is 4.79 Å². The van der Waals surface area contributed by atoms with E-state index in [4.69, 9.17) is 4.74 Å². The summed E-state index contributed by atoms with van der Waals surface area (Å²) in [7, 11) is 0. The van der Waals surface area contributed by atoms with Crippen molar-refractivity contribution in [1.29, 1.82) is 0 Å². The van der Waals surface area contributed by atoms with Crippen LogP contribution in [0.4, 0.5) is 0 Å². The lowest BCUT2D eigenvalue weighted by Crippen LogP contribution is -2.50. The molecule has 1 aliphatic heterocycles. The third-order valence-electron chi connectivity index (χ3n) is 5.80. The maximum atomic E-state index is 13.4. The SMILES string of the molecule is Cc1ccc([C@@]2(NC(=O)c3cc4cc(C)ccc4[nH]3)CCOc3cccnc32)cc1. The van der Waals surface area contributed by atoms with Crippen LogP contribution in [0.5, 0.6) is 5.75 Å². The molecular weight excluding hydrogens is 374 g/mol. The molecule has 0 unspecified atom stereocenters. The highest BCUT2D eigenvalue weighted by Crippen LogP contribution is 2.40. The topological polar surface area (TPSA) is 67.0 Å². The molecule has 30 heavy (non-hydrogen) atoms. The second-order valence-corrected chi connectivity index (χ2v) is 7.95. The second kappa shape index (κ2) is 7.02. The standard InChI is InChI=1S/C25H23N3O2/c1-16-5-8-19(9-6-16)25(11-13-30-22-4-3-12-26-23(22)25)28-24(29)21-15-18-14-17(2)7-10-20(18)27-21/h3-10,12,14-15,27H,11,13H2,1-2H3,(H,28,29)/t25-/m0/s1. The number of H-pyrrole nitrogens is 1. The highest BCUT2D eigenvalue weighted by atomic mass is 16.5. The number of benzene rings is 2. The molecule has 1 atom stereocenters. The highest BCUT2D eigenvalue weighted by molar-refractivity contribution is 5.98. The van der Waals surface area contributed by atoms with Gasteiger partial charge in [-0.1, -0.05) is 41.5 Å². The van der Waals surface area contributed by atoms with Gasteiger partial charge in [0.2, 0.25) is 0 Å². The van der Waals surface area contributed by atoms with Gasteiger partial charge in [0.05, 0.1) is 6.61 Å². The maximum absolute atomic E-state index is 13.4. The van der Waals surface area contributed by atoms with Crippen molar-refractivity contribution in [1.82, 2.24) is 15.3 Å². The average molecular weight is 397 g/mol. The number of fused-ring (bicyclic) bond motifs is 2. The van der Waals surface area contributed by atoms with E-state index < -0.39 is 5.54 Å². The van der Waals surface area contributed by atoms with E-state index in [1.807, 2.05) is 37.3 Å². The largest absolute Gasteiger partial charge is 0.491 e. The van der Waals surface area contributed by atoms with Gasteiger partial charge in [-0.3, -0.25) is 9.78 Å². The van der Waals surface area contributed by atoms with Crippen LogP contribution in [-0.4, -0.2) is 22.5 Å². The number of rotatable bonds is 3. The van der Waals surface area contributed by atoms with Gasteiger partial charge in [-0.2, -0.15) is 0 Å². The first-order valence-electron chi connectivity index (χ1n) is 10.1. The molecule has 0 saturated heterocycles. The summed E-state index contributed by atoms with van der Waals surface area (Å²) >= 11 is 0. The molecule has 4 aromatic rings. The zero-order valence-electron chi connectivity index (χ0n) is 17.0. The van der Waals surface area contributed by atoms with Crippen LogP contribution < -0.4 is 10.1 Å². The predicted molar refractivity (Wildman–Crippen MR) is 117 cm³/mol. The number of hydrogen-bond donors (Lipinski definition) is 2. The summed E-state index contributed by atoms with van der Waals surface area (Å²) in [5.74, 6) is 0.542. The van der Waals surface area contributed by atoms with Crippen LogP contribution in [-0.2, 0) is 5.54 Å². The smallest absolute Gasteiger partial charge is 0.268 e. The summed E-state index contributed by atoms with van der Waals surface area (Å²) in [6.45, 7) is 4.60. The first-order valence-corrected chi connectivity index (χ1v) is 10.1. The number of aromatic nitrogens is 2. The third-order valence-corrected chi connectivity index (χ3v) is 5.80. The first-order chi connectivity index (χ1) is 14.5. The Hall–Kier alpha value is -3.60. The zero-order chi connectivity index (χ0) is 20.7. The number of ether oxygens (including phenoxy) is 1. The number of hydrogen-bond acceptors (Lipinski definition) is 3. The van der Waals surface area contributed by atoms with E-state index in [0.717, 1.165) is 27.7 Å². The molecule has 2 aromatic heterocycles. The van der Waals surface area contributed by atoms with Crippen LogP contribution in [0.15, 0.2) is 66.9 Å². The Morgan fingerprint density at radius 3 is 2.70 bits per heavy atom. The van der Waals surface area contributed by atoms with E-state index >= 15 is 0 Å². The average Bonchev–Trinajstić information content (AvgIpc) is 3.18. The molecule has 150 valence electrons. The fraction of sp³-hybridized carbons (Fsp3) is 0.200. The second-order valence-electron chi connectivity index (χ2n) is 7.95.